The van der Waals surface area contributed by atoms with Gasteiger partial charge in [0, 0.05) is 18.7 Å². The molecule has 0 aliphatic rings. The topological polar surface area (TPSA) is 113 Å². The number of methoxy groups -OCH3 is 1. The van der Waals surface area contributed by atoms with Crippen LogP contribution in [-0.2, 0) is 26.2 Å². The van der Waals surface area contributed by atoms with Crippen LogP contribution in [0.25, 0.3) is 0 Å². The van der Waals surface area contributed by atoms with Gasteiger partial charge in [-0.15, -0.1) is 0 Å². The molecule has 34 heavy (non-hydrogen) atoms. The van der Waals surface area contributed by atoms with Crippen LogP contribution in [0.2, 0.25) is 0 Å². The smallest absolute Gasteiger partial charge is 0.244 e. The van der Waals surface area contributed by atoms with Crippen molar-refractivity contribution in [2.24, 2.45) is 0 Å². The number of hydrogen-bond acceptors (Lipinski definition) is 6. The first kappa shape index (κ1) is 26.8. The van der Waals surface area contributed by atoms with Crippen LogP contribution in [0.5, 0.6) is 5.75 Å². The van der Waals surface area contributed by atoms with E-state index in [1.807, 2.05) is 0 Å². The number of carbonyl (C=O) groups is 3. The van der Waals surface area contributed by atoms with Gasteiger partial charge in [0.2, 0.25) is 21.8 Å². The van der Waals surface area contributed by atoms with E-state index < -0.39 is 28.5 Å². The summed E-state index contributed by atoms with van der Waals surface area (Å²) in [5.74, 6) is -0.566. The number of nitrogens with zero attached hydrogens (tertiary/aromatic N) is 2. The van der Waals surface area contributed by atoms with Gasteiger partial charge in [-0.05, 0) is 50.6 Å². The molecule has 0 aromatic heterocycles. The average molecular weight is 490 g/mol. The number of ether oxygens (including phenoxy) is 1. The molecular formula is C24H31N3O6S. The van der Waals surface area contributed by atoms with Crippen LogP contribution >= 0.6 is 0 Å². The first-order chi connectivity index (χ1) is 16.0. The largest absolute Gasteiger partial charge is 0.497 e. The Morgan fingerprint density at radius 3 is 2.35 bits per heavy atom. The van der Waals surface area contributed by atoms with Crippen molar-refractivity contribution < 1.29 is 27.5 Å². The Labute approximate surface area is 200 Å². The summed E-state index contributed by atoms with van der Waals surface area (Å²) < 4.78 is 31.4. The number of sulfonamides is 1. The molecular weight excluding hydrogens is 458 g/mol. The Bertz CT molecular complexity index is 1150. The highest BCUT2D eigenvalue weighted by Crippen LogP contribution is 2.21. The highest BCUT2D eigenvalue weighted by Gasteiger charge is 2.30. The fraction of sp³-hybridized carbons (Fsp3) is 0.375. The molecule has 1 atom stereocenters. The maximum absolute atomic E-state index is 13.4. The number of ketones is 1. The molecule has 0 heterocycles. The summed E-state index contributed by atoms with van der Waals surface area (Å²) in [7, 11) is -2.35. The third kappa shape index (κ3) is 7.05. The van der Waals surface area contributed by atoms with Crippen LogP contribution in [0.15, 0.2) is 48.5 Å². The molecule has 2 aromatic carbocycles. The van der Waals surface area contributed by atoms with E-state index in [-0.39, 0.29) is 23.9 Å². The van der Waals surface area contributed by atoms with Gasteiger partial charge in [0.25, 0.3) is 0 Å². The molecule has 10 heteroatoms. The summed E-state index contributed by atoms with van der Waals surface area (Å²) in [6.07, 6.45) is 0.986. The number of nitrogens with one attached hydrogen (secondary N) is 1. The second-order valence-corrected chi connectivity index (χ2v) is 9.73. The Hall–Kier alpha value is -3.40. The van der Waals surface area contributed by atoms with E-state index in [1.165, 1.54) is 31.1 Å². The Morgan fingerprint density at radius 1 is 1.09 bits per heavy atom. The van der Waals surface area contributed by atoms with E-state index in [9.17, 15) is 22.8 Å². The van der Waals surface area contributed by atoms with Gasteiger partial charge in [0.1, 0.15) is 18.3 Å². The minimum Gasteiger partial charge on any atom is -0.497 e. The molecule has 1 N–H and O–H groups in total. The zero-order valence-corrected chi connectivity index (χ0v) is 20.9. The molecule has 0 saturated heterocycles. The molecule has 2 amide bonds. The lowest BCUT2D eigenvalue weighted by Crippen LogP contribution is -2.51. The lowest BCUT2D eigenvalue weighted by Gasteiger charge is -2.31. The molecule has 0 spiro atoms. The Balaban J connectivity index is 2.43. The summed E-state index contributed by atoms with van der Waals surface area (Å²) in [5.41, 5.74) is 1.23. The predicted molar refractivity (Wildman–Crippen MR) is 130 cm³/mol. The molecule has 9 nitrogen and oxygen atoms in total. The molecule has 0 radical (unpaired) electrons. The van der Waals surface area contributed by atoms with Crippen LogP contribution in [0, 0.1) is 0 Å². The summed E-state index contributed by atoms with van der Waals surface area (Å²) in [4.78, 5) is 39.1. The maximum atomic E-state index is 13.4. The molecule has 0 fully saturated rings. The van der Waals surface area contributed by atoms with E-state index in [0.29, 0.717) is 23.4 Å². The number of hydrogen-bond donors (Lipinski definition) is 1. The van der Waals surface area contributed by atoms with Crippen LogP contribution in [0.4, 0.5) is 5.69 Å². The molecule has 0 aliphatic heterocycles. The highest BCUT2D eigenvalue weighted by molar-refractivity contribution is 7.92. The zero-order valence-electron chi connectivity index (χ0n) is 20.1. The second kappa shape index (κ2) is 11.6. The monoisotopic (exact) mass is 489 g/mol. The molecule has 0 bridgehead atoms. The van der Waals surface area contributed by atoms with Gasteiger partial charge in [-0.3, -0.25) is 18.7 Å². The SMILES string of the molecule is CCNC(=O)C(C)N(Cc1cccc(OC)c1)C(=O)CN(c1cccc(C(C)=O)c1)S(C)(=O)=O. The highest BCUT2D eigenvalue weighted by atomic mass is 32.2. The standard InChI is InChI=1S/C24H31N3O6S/c1-6-25-24(30)17(2)26(15-19-9-7-12-22(13-19)33-4)23(29)16-27(34(5,31)32)21-11-8-10-20(14-21)18(3)28/h7-14,17H,6,15-16H2,1-5H3,(H,25,30). The molecule has 2 aromatic rings. The van der Waals surface area contributed by atoms with Crippen LogP contribution in [-0.4, -0.2) is 63.4 Å². The zero-order chi connectivity index (χ0) is 25.5. The van der Waals surface area contributed by atoms with E-state index in [0.717, 1.165) is 10.6 Å². The fourth-order valence-corrected chi connectivity index (χ4v) is 4.21. The van der Waals surface area contributed by atoms with Gasteiger partial charge in [-0.2, -0.15) is 0 Å². The second-order valence-electron chi connectivity index (χ2n) is 7.82. The Kier molecular flexibility index (Phi) is 9.19. The van der Waals surface area contributed by atoms with E-state index in [2.05, 4.69) is 5.32 Å². The number of benzene rings is 2. The van der Waals surface area contributed by atoms with Crippen molar-refractivity contribution in [3.05, 3.63) is 59.7 Å². The molecule has 2 rings (SSSR count). The fourth-order valence-electron chi connectivity index (χ4n) is 3.37. The van der Waals surface area contributed by atoms with Crippen molar-refractivity contribution in [3.8, 4) is 5.75 Å². The minimum absolute atomic E-state index is 0.0689. The third-order valence-electron chi connectivity index (χ3n) is 5.23. The lowest BCUT2D eigenvalue weighted by atomic mass is 10.1. The van der Waals surface area contributed by atoms with E-state index in [1.54, 1.807) is 50.2 Å². The first-order valence-electron chi connectivity index (χ1n) is 10.8. The quantitative estimate of drug-likeness (QED) is 0.484. The van der Waals surface area contributed by atoms with Crippen LogP contribution < -0.4 is 14.4 Å². The van der Waals surface area contributed by atoms with Crippen molar-refractivity contribution in [3.63, 3.8) is 0 Å². The van der Waals surface area contributed by atoms with Gasteiger partial charge < -0.3 is 15.0 Å². The van der Waals surface area contributed by atoms with Gasteiger partial charge in [0.15, 0.2) is 5.78 Å². The number of amides is 2. The van der Waals surface area contributed by atoms with E-state index in [4.69, 9.17) is 4.74 Å². The van der Waals surface area contributed by atoms with E-state index >= 15 is 0 Å². The summed E-state index contributed by atoms with van der Waals surface area (Å²) in [6.45, 7) is 4.65. The lowest BCUT2D eigenvalue weighted by molar-refractivity contribution is -0.139. The number of carbonyl (C=O) groups excluding carboxylic acids is 3. The summed E-state index contributed by atoms with van der Waals surface area (Å²) >= 11 is 0. The number of Topliss-reactive ketones (excluding diaryl/α,β-unsaturated/α-hetero) is 1. The summed E-state index contributed by atoms with van der Waals surface area (Å²) in [6, 6.07) is 12.3. The molecule has 0 saturated carbocycles. The third-order valence-corrected chi connectivity index (χ3v) is 6.37. The van der Waals surface area contributed by atoms with Crippen molar-refractivity contribution in [2.45, 2.75) is 33.4 Å². The van der Waals surface area contributed by atoms with Gasteiger partial charge >= 0.3 is 0 Å². The Morgan fingerprint density at radius 2 is 1.76 bits per heavy atom. The maximum Gasteiger partial charge on any atom is 0.244 e. The molecule has 1 unspecified atom stereocenters. The minimum atomic E-state index is -3.87. The summed E-state index contributed by atoms with van der Waals surface area (Å²) in [5, 5.41) is 2.70. The number of anilines is 1. The number of likely N-dealkylation sites (N-methyl/N-ethyl adjacent to an activating group) is 1. The number of rotatable bonds is 11. The van der Waals surface area contributed by atoms with Gasteiger partial charge in [-0.25, -0.2) is 8.42 Å². The normalized spacial score (nSPS) is 11.9. The predicted octanol–water partition coefficient (Wildman–Crippen LogP) is 2.22. The van der Waals surface area contributed by atoms with Crippen LogP contribution in [0.1, 0.15) is 36.7 Å². The van der Waals surface area contributed by atoms with Crippen molar-refractivity contribution in [1.82, 2.24) is 10.2 Å². The first-order valence-corrected chi connectivity index (χ1v) is 12.6. The van der Waals surface area contributed by atoms with Crippen molar-refractivity contribution in [1.29, 1.82) is 0 Å². The van der Waals surface area contributed by atoms with Crippen molar-refractivity contribution in [2.75, 3.05) is 30.8 Å². The van der Waals surface area contributed by atoms with Gasteiger partial charge in [-0.1, -0.05) is 24.3 Å². The molecule has 184 valence electrons. The average Bonchev–Trinajstić information content (AvgIpc) is 2.80. The molecule has 0 aliphatic carbocycles. The van der Waals surface area contributed by atoms with Gasteiger partial charge in [0.05, 0.1) is 19.1 Å². The van der Waals surface area contributed by atoms with Crippen LogP contribution in [0.3, 0.4) is 0 Å². The van der Waals surface area contributed by atoms with Crippen molar-refractivity contribution >= 4 is 33.3 Å².